The topological polar surface area (TPSA) is 102 Å². The number of allylic oxidation sites excluding steroid dienone is 1. The van der Waals surface area contributed by atoms with Crippen molar-refractivity contribution in [2.24, 2.45) is 0 Å². The number of nitro groups is 1. The van der Waals surface area contributed by atoms with E-state index in [1.54, 1.807) is 48.5 Å². The van der Waals surface area contributed by atoms with Gasteiger partial charge >= 0.3 is 5.97 Å². The SMILES string of the molecule is COc1cc(/C=C(/C#N)c2cccc(Cl)c2)ccc1OC(=O)c1ccc([N+](=O)[O-])cc1. The summed E-state index contributed by atoms with van der Waals surface area (Å²) in [6, 6.07) is 19.0. The molecule has 0 N–H and O–H groups in total. The molecule has 0 amide bonds. The molecule has 0 radical (unpaired) electrons. The maximum Gasteiger partial charge on any atom is 0.343 e. The third-order valence-corrected chi connectivity index (χ3v) is 4.51. The first-order valence-electron chi connectivity index (χ1n) is 8.93. The molecule has 3 aromatic rings. The number of benzene rings is 3. The van der Waals surface area contributed by atoms with E-state index >= 15 is 0 Å². The molecule has 0 aliphatic rings. The van der Waals surface area contributed by atoms with Crippen LogP contribution in [0.25, 0.3) is 11.6 Å². The Kier molecular flexibility index (Phi) is 6.65. The van der Waals surface area contributed by atoms with E-state index in [2.05, 4.69) is 6.07 Å². The molecule has 0 saturated heterocycles. The molecule has 0 bridgehead atoms. The van der Waals surface area contributed by atoms with Gasteiger partial charge in [0.05, 0.1) is 29.2 Å². The maximum absolute atomic E-state index is 12.4. The molecular formula is C23H15ClN2O5. The summed E-state index contributed by atoms with van der Waals surface area (Å²) in [5.74, 6) is -0.232. The van der Waals surface area contributed by atoms with Crippen molar-refractivity contribution in [3.63, 3.8) is 0 Å². The van der Waals surface area contributed by atoms with Crippen molar-refractivity contribution in [1.82, 2.24) is 0 Å². The number of nitriles is 1. The van der Waals surface area contributed by atoms with Crippen LogP contribution in [0.1, 0.15) is 21.5 Å². The molecule has 8 heteroatoms. The minimum absolute atomic E-state index is 0.127. The van der Waals surface area contributed by atoms with Crippen LogP contribution in [0.4, 0.5) is 5.69 Å². The average molecular weight is 435 g/mol. The fourth-order valence-electron chi connectivity index (χ4n) is 2.74. The number of carbonyl (C=O) groups excluding carboxylic acids is 1. The Labute approximate surface area is 182 Å². The average Bonchev–Trinajstić information content (AvgIpc) is 2.78. The lowest BCUT2D eigenvalue weighted by Gasteiger charge is -2.10. The Balaban J connectivity index is 1.85. The Morgan fingerprint density at radius 2 is 1.81 bits per heavy atom. The predicted molar refractivity (Wildman–Crippen MR) is 116 cm³/mol. The lowest BCUT2D eigenvalue weighted by molar-refractivity contribution is -0.384. The van der Waals surface area contributed by atoms with E-state index in [4.69, 9.17) is 21.1 Å². The van der Waals surface area contributed by atoms with Crippen LogP contribution in [-0.2, 0) is 0 Å². The largest absolute Gasteiger partial charge is 0.493 e. The second-order valence-electron chi connectivity index (χ2n) is 6.28. The van der Waals surface area contributed by atoms with Crippen LogP contribution >= 0.6 is 11.6 Å². The van der Waals surface area contributed by atoms with Crippen molar-refractivity contribution in [2.45, 2.75) is 0 Å². The van der Waals surface area contributed by atoms with E-state index < -0.39 is 10.9 Å². The number of hydrogen-bond acceptors (Lipinski definition) is 6. The smallest absolute Gasteiger partial charge is 0.343 e. The molecule has 0 heterocycles. The van der Waals surface area contributed by atoms with E-state index in [0.29, 0.717) is 21.7 Å². The lowest BCUT2D eigenvalue weighted by Crippen LogP contribution is -2.09. The zero-order valence-electron chi connectivity index (χ0n) is 16.2. The van der Waals surface area contributed by atoms with E-state index in [1.807, 2.05) is 0 Å². The number of ether oxygens (including phenoxy) is 2. The predicted octanol–water partition coefficient (Wildman–Crippen LogP) is 5.54. The third kappa shape index (κ3) is 5.26. The van der Waals surface area contributed by atoms with Crippen LogP contribution in [0.5, 0.6) is 11.5 Å². The minimum atomic E-state index is -0.687. The molecule has 0 aliphatic heterocycles. The number of non-ortho nitro benzene ring substituents is 1. The van der Waals surface area contributed by atoms with Crippen LogP contribution in [-0.4, -0.2) is 18.0 Å². The second kappa shape index (κ2) is 9.57. The standard InChI is InChI=1S/C23H15ClN2O5/c1-30-22-12-15(11-18(14-25)17-3-2-4-19(24)13-17)5-10-21(22)31-23(27)16-6-8-20(9-7-16)26(28)29/h2-13H,1H3/b18-11-. The van der Waals surface area contributed by atoms with Crippen LogP contribution < -0.4 is 9.47 Å². The van der Waals surface area contributed by atoms with Crippen LogP contribution in [0.3, 0.4) is 0 Å². The summed E-state index contributed by atoms with van der Waals surface area (Å²) in [7, 11) is 1.42. The van der Waals surface area contributed by atoms with Gasteiger partial charge in [-0.15, -0.1) is 0 Å². The van der Waals surface area contributed by atoms with Gasteiger partial charge in [-0.3, -0.25) is 10.1 Å². The molecule has 0 fully saturated rings. The first-order chi connectivity index (χ1) is 14.9. The molecule has 3 aromatic carbocycles. The first kappa shape index (κ1) is 21.6. The molecule has 0 aliphatic carbocycles. The summed E-state index contributed by atoms with van der Waals surface area (Å²) < 4.78 is 10.7. The number of nitro benzene ring substituents is 1. The van der Waals surface area contributed by atoms with Gasteiger partial charge in [0.25, 0.3) is 5.69 Å². The van der Waals surface area contributed by atoms with Crippen molar-refractivity contribution in [3.05, 3.63) is 98.6 Å². The quantitative estimate of drug-likeness (QED) is 0.126. The molecule has 31 heavy (non-hydrogen) atoms. The summed E-state index contributed by atoms with van der Waals surface area (Å²) >= 11 is 6.00. The monoisotopic (exact) mass is 434 g/mol. The van der Waals surface area contributed by atoms with Crippen LogP contribution in [0.15, 0.2) is 66.7 Å². The van der Waals surface area contributed by atoms with Crippen LogP contribution in [0.2, 0.25) is 5.02 Å². The minimum Gasteiger partial charge on any atom is -0.493 e. The highest BCUT2D eigenvalue weighted by Crippen LogP contribution is 2.31. The maximum atomic E-state index is 12.4. The number of carbonyl (C=O) groups is 1. The normalized spacial score (nSPS) is 10.8. The highest BCUT2D eigenvalue weighted by molar-refractivity contribution is 6.30. The molecule has 3 rings (SSSR count). The summed E-state index contributed by atoms with van der Waals surface area (Å²) in [6.07, 6.45) is 1.66. The van der Waals surface area contributed by atoms with Gasteiger partial charge < -0.3 is 9.47 Å². The fraction of sp³-hybridized carbons (Fsp3) is 0.0435. The zero-order chi connectivity index (χ0) is 22.4. The molecule has 0 unspecified atom stereocenters. The molecule has 0 spiro atoms. The summed E-state index contributed by atoms with van der Waals surface area (Å²) in [6.45, 7) is 0. The number of esters is 1. The fourth-order valence-corrected chi connectivity index (χ4v) is 2.93. The van der Waals surface area contributed by atoms with Crippen molar-refractivity contribution < 1.29 is 19.2 Å². The van der Waals surface area contributed by atoms with E-state index in [0.717, 1.165) is 0 Å². The van der Waals surface area contributed by atoms with Crippen molar-refractivity contribution in [1.29, 1.82) is 5.26 Å². The number of methoxy groups -OCH3 is 1. The van der Waals surface area contributed by atoms with Gasteiger partial charge in [0.1, 0.15) is 0 Å². The summed E-state index contributed by atoms with van der Waals surface area (Å²) in [5.41, 5.74) is 1.76. The number of hydrogen-bond donors (Lipinski definition) is 0. The summed E-state index contributed by atoms with van der Waals surface area (Å²) in [5, 5.41) is 20.8. The highest BCUT2D eigenvalue weighted by atomic mass is 35.5. The zero-order valence-corrected chi connectivity index (χ0v) is 17.0. The van der Waals surface area contributed by atoms with E-state index in [1.165, 1.54) is 31.4 Å². The first-order valence-corrected chi connectivity index (χ1v) is 9.31. The number of halogens is 1. The molecule has 0 atom stereocenters. The van der Waals surface area contributed by atoms with Gasteiger partial charge in [-0.1, -0.05) is 29.8 Å². The Morgan fingerprint density at radius 1 is 1.06 bits per heavy atom. The Bertz CT molecular complexity index is 1210. The highest BCUT2D eigenvalue weighted by Gasteiger charge is 2.15. The third-order valence-electron chi connectivity index (χ3n) is 4.27. The van der Waals surface area contributed by atoms with Crippen molar-refractivity contribution in [3.8, 4) is 17.6 Å². The van der Waals surface area contributed by atoms with Gasteiger partial charge in [0.2, 0.25) is 0 Å². The van der Waals surface area contributed by atoms with E-state index in [9.17, 15) is 20.2 Å². The van der Waals surface area contributed by atoms with Gasteiger partial charge in [-0.05, 0) is 53.6 Å². The second-order valence-corrected chi connectivity index (χ2v) is 6.72. The lowest BCUT2D eigenvalue weighted by atomic mass is 10.0. The Hall–Kier alpha value is -4.15. The van der Waals surface area contributed by atoms with Gasteiger partial charge in [0, 0.05) is 17.2 Å². The Morgan fingerprint density at radius 3 is 2.42 bits per heavy atom. The van der Waals surface area contributed by atoms with Gasteiger partial charge in [-0.25, -0.2) is 4.79 Å². The van der Waals surface area contributed by atoms with Crippen molar-refractivity contribution >= 4 is 34.9 Å². The summed E-state index contributed by atoms with van der Waals surface area (Å²) in [4.78, 5) is 22.6. The number of rotatable bonds is 6. The molecule has 0 aromatic heterocycles. The molecule has 7 nitrogen and oxygen atoms in total. The van der Waals surface area contributed by atoms with Gasteiger partial charge in [-0.2, -0.15) is 5.26 Å². The van der Waals surface area contributed by atoms with Crippen LogP contribution in [0, 0.1) is 21.4 Å². The number of nitrogens with zero attached hydrogens (tertiary/aromatic N) is 2. The van der Waals surface area contributed by atoms with Crippen molar-refractivity contribution in [2.75, 3.05) is 7.11 Å². The molecule has 0 saturated carbocycles. The molecular weight excluding hydrogens is 420 g/mol. The van der Waals surface area contributed by atoms with E-state index in [-0.39, 0.29) is 22.7 Å². The van der Waals surface area contributed by atoms with Gasteiger partial charge in [0.15, 0.2) is 11.5 Å². The molecule has 154 valence electrons.